The molecule has 0 radical (unpaired) electrons. The van der Waals surface area contributed by atoms with Gasteiger partial charge in [-0.3, -0.25) is 14.9 Å². The van der Waals surface area contributed by atoms with E-state index in [4.69, 9.17) is 17.0 Å². The van der Waals surface area contributed by atoms with Crippen molar-refractivity contribution in [1.29, 1.82) is 0 Å². The number of nitrogens with one attached hydrogen (secondary N) is 3. The van der Waals surface area contributed by atoms with Gasteiger partial charge in [0.25, 0.3) is 11.8 Å². The molecule has 0 heterocycles. The van der Waals surface area contributed by atoms with Crippen LogP contribution in [-0.2, 0) is 0 Å². The van der Waals surface area contributed by atoms with Gasteiger partial charge in [0.15, 0.2) is 5.11 Å². The molecule has 0 fully saturated rings. The van der Waals surface area contributed by atoms with Crippen molar-refractivity contribution in [2.24, 2.45) is 0 Å². The maximum absolute atomic E-state index is 12.3. The monoisotopic (exact) mass is 385 g/mol. The van der Waals surface area contributed by atoms with Crippen LogP contribution < -0.4 is 20.7 Å². The van der Waals surface area contributed by atoms with E-state index in [0.29, 0.717) is 29.1 Å². The molecule has 27 heavy (non-hydrogen) atoms. The molecule has 2 aromatic carbocycles. The summed E-state index contributed by atoms with van der Waals surface area (Å²) in [5, 5.41) is 8.41. The fourth-order valence-electron chi connectivity index (χ4n) is 2.30. The van der Waals surface area contributed by atoms with Gasteiger partial charge in [-0.15, -0.1) is 0 Å². The second-order valence-electron chi connectivity index (χ2n) is 6.04. The van der Waals surface area contributed by atoms with Gasteiger partial charge in [0.05, 0.1) is 6.10 Å². The van der Waals surface area contributed by atoms with Gasteiger partial charge in [0.2, 0.25) is 0 Å². The van der Waals surface area contributed by atoms with Crippen molar-refractivity contribution in [1.82, 2.24) is 10.6 Å². The van der Waals surface area contributed by atoms with Crippen LogP contribution in [0.25, 0.3) is 0 Å². The van der Waals surface area contributed by atoms with Gasteiger partial charge in [0.1, 0.15) is 5.75 Å². The van der Waals surface area contributed by atoms with Crippen molar-refractivity contribution in [3.63, 3.8) is 0 Å². The van der Waals surface area contributed by atoms with Crippen molar-refractivity contribution in [2.75, 3.05) is 11.9 Å². The predicted octanol–water partition coefficient (Wildman–Crippen LogP) is 3.35. The molecule has 0 unspecified atom stereocenters. The third kappa shape index (κ3) is 6.38. The second kappa shape index (κ2) is 9.68. The number of carbonyl (C=O) groups excluding carboxylic acids is 2. The van der Waals surface area contributed by atoms with E-state index >= 15 is 0 Å². The fourth-order valence-corrected chi connectivity index (χ4v) is 2.51. The Morgan fingerprint density at radius 1 is 1.04 bits per heavy atom. The molecule has 0 aliphatic rings. The third-order valence-corrected chi connectivity index (χ3v) is 3.64. The number of ether oxygens (including phenoxy) is 1. The molecule has 2 aromatic rings. The molecule has 6 nitrogen and oxygen atoms in total. The maximum atomic E-state index is 12.3. The zero-order valence-electron chi connectivity index (χ0n) is 15.5. The highest BCUT2D eigenvalue weighted by Crippen LogP contribution is 2.14. The molecule has 142 valence electrons. The van der Waals surface area contributed by atoms with Crippen LogP contribution in [0.3, 0.4) is 0 Å². The molecule has 3 N–H and O–H groups in total. The number of benzene rings is 2. The molecule has 0 bridgehead atoms. The molecule has 0 aromatic heterocycles. The first-order chi connectivity index (χ1) is 12.9. The Bertz CT molecular complexity index is 819. The van der Waals surface area contributed by atoms with Gasteiger partial charge in [0, 0.05) is 23.4 Å². The fraction of sp³-hybridized carbons (Fsp3) is 0.250. The summed E-state index contributed by atoms with van der Waals surface area (Å²) in [7, 11) is 0. The highest BCUT2D eigenvalue weighted by Gasteiger charge is 2.10. The highest BCUT2D eigenvalue weighted by atomic mass is 32.1. The molecule has 0 atom stereocenters. The van der Waals surface area contributed by atoms with Crippen LogP contribution in [0.1, 0.15) is 41.5 Å². The average Bonchev–Trinajstić information content (AvgIpc) is 2.62. The van der Waals surface area contributed by atoms with E-state index < -0.39 is 0 Å². The number of anilines is 1. The van der Waals surface area contributed by atoms with Crippen molar-refractivity contribution in [2.45, 2.75) is 26.9 Å². The molecule has 0 aliphatic heterocycles. The normalized spacial score (nSPS) is 10.2. The first kappa shape index (κ1) is 20.4. The van der Waals surface area contributed by atoms with Crippen LogP contribution in [0.4, 0.5) is 5.69 Å². The Labute approximate surface area is 164 Å². The Kier molecular flexibility index (Phi) is 7.31. The lowest BCUT2D eigenvalue weighted by Gasteiger charge is -2.12. The summed E-state index contributed by atoms with van der Waals surface area (Å²) in [4.78, 5) is 24.2. The van der Waals surface area contributed by atoms with Crippen LogP contribution >= 0.6 is 12.2 Å². The van der Waals surface area contributed by atoms with Crippen LogP contribution in [0, 0.1) is 0 Å². The second-order valence-corrected chi connectivity index (χ2v) is 6.45. The van der Waals surface area contributed by atoms with Crippen LogP contribution in [0.5, 0.6) is 5.75 Å². The smallest absolute Gasteiger partial charge is 0.257 e. The number of amides is 2. The summed E-state index contributed by atoms with van der Waals surface area (Å²) in [5.41, 5.74) is 1.59. The number of hydrogen-bond acceptors (Lipinski definition) is 4. The number of rotatable bonds is 6. The van der Waals surface area contributed by atoms with Crippen LogP contribution in [0.15, 0.2) is 48.5 Å². The van der Waals surface area contributed by atoms with Gasteiger partial charge in [-0.25, -0.2) is 0 Å². The lowest BCUT2D eigenvalue weighted by Crippen LogP contribution is -2.34. The molecule has 0 saturated carbocycles. The third-order valence-electron chi connectivity index (χ3n) is 3.44. The SMILES string of the molecule is CCNC(=O)c1cccc(NC(=S)NC(=O)c2ccc(OC(C)C)cc2)c1. The molecule has 0 aliphatic carbocycles. The molecular weight excluding hydrogens is 362 g/mol. The van der Waals surface area contributed by atoms with E-state index in [9.17, 15) is 9.59 Å². The highest BCUT2D eigenvalue weighted by molar-refractivity contribution is 7.80. The summed E-state index contributed by atoms with van der Waals surface area (Å²) in [6, 6.07) is 13.7. The Hall–Kier alpha value is -2.93. The zero-order valence-corrected chi connectivity index (χ0v) is 16.4. The Morgan fingerprint density at radius 2 is 1.74 bits per heavy atom. The summed E-state index contributed by atoms with van der Waals surface area (Å²) in [5.74, 6) is 0.202. The largest absolute Gasteiger partial charge is 0.491 e. The molecule has 2 rings (SSSR count). The van der Waals surface area contributed by atoms with E-state index in [1.54, 1.807) is 48.5 Å². The van der Waals surface area contributed by atoms with E-state index in [1.165, 1.54) is 0 Å². The van der Waals surface area contributed by atoms with Crippen LogP contribution in [0.2, 0.25) is 0 Å². The number of thiocarbonyl (C=S) groups is 1. The molecular formula is C20H23N3O3S. The van der Waals surface area contributed by atoms with Gasteiger partial charge in [-0.05, 0) is 75.5 Å². The number of hydrogen-bond donors (Lipinski definition) is 3. The number of carbonyl (C=O) groups is 2. The molecule has 2 amide bonds. The van der Waals surface area contributed by atoms with Gasteiger partial charge >= 0.3 is 0 Å². The summed E-state index contributed by atoms with van der Waals surface area (Å²) in [6.45, 7) is 6.27. The van der Waals surface area contributed by atoms with Crippen molar-refractivity contribution < 1.29 is 14.3 Å². The lowest BCUT2D eigenvalue weighted by atomic mass is 10.2. The minimum absolute atomic E-state index is 0.0663. The lowest BCUT2D eigenvalue weighted by molar-refractivity contribution is 0.0953. The molecule has 7 heteroatoms. The van der Waals surface area contributed by atoms with E-state index in [2.05, 4.69) is 16.0 Å². The summed E-state index contributed by atoms with van der Waals surface area (Å²) < 4.78 is 5.55. The summed E-state index contributed by atoms with van der Waals surface area (Å²) in [6.07, 6.45) is 0.0663. The Balaban J connectivity index is 1.96. The predicted molar refractivity (Wildman–Crippen MR) is 110 cm³/mol. The van der Waals surface area contributed by atoms with Crippen molar-refractivity contribution >= 4 is 34.8 Å². The first-order valence-corrected chi connectivity index (χ1v) is 9.07. The standard InChI is InChI=1S/C20H23N3O3S/c1-4-21-18(24)15-6-5-7-16(12-15)22-20(27)23-19(25)14-8-10-17(11-9-14)26-13(2)3/h5-13H,4H2,1-3H3,(H,21,24)(H2,22,23,25,27). The minimum Gasteiger partial charge on any atom is -0.491 e. The van der Waals surface area contributed by atoms with Crippen LogP contribution in [-0.4, -0.2) is 29.6 Å². The Morgan fingerprint density at radius 3 is 2.37 bits per heavy atom. The topological polar surface area (TPSA) is 79.5 Å². The van der Waals surface area contributed by atoms with E-state index in [0.717, 1.165) is 0 Å². The molecule has 0 spiro atoms. The van der Waals surface area contributed by atoms with Gasteiger partial charge in [-0.2, -0.15) is 0 Å². The molecule has 0 saturated heterocycles. The quantitative estimate of drug-likeness (QED) is 0.665. The van der Waals surface area contributed by atoms with Crippen molar-refractivity contribution in [3.8, 4) is 5.75 Å². The zero-order chi connectivity index (χ0) is 19.8. The maximum Gasteiger partial charge on any atom is 0.257 e. The van der Waals surface area contributed by atoms with Gasteiger partial charge in [-0.1, -0.05) is 6.07 Å². The first-order valence-electron chi connectivity index (χ1n) is 8.66. The van der Waals surface area contributed by atoms with Crippen molar-refractivity contribution in [3.05, 3.63) is 59.7 Å². The van der Waals surface area contributed by atoms with E-state index in [1.807, 2.05) is 20.8 Å². The summed E-state index contributed by atoms with van der Waals surface area (Å²) >= 11 is 5.19. The van der Waals surface area contributed by atoms with Gasteiger partial charge < -0.3 is 15.4 Å². The minimum atomic E-state index is -0.330. The average molecular weight is 385 g/mol. The van der Waals surface area contributed by atoms with E-state index in [-0.39, 0.29) is 23.0 Å².